The molecule has 18 rings (SSSR count). The van der Waals surface area contributed by atoms with E-state index in [2.05, 4.69) is 50.6 Å². The lowest BCUT2D eigenvalue weighted by molar-refractivity contribution is -0.138. The molecule has 0 radical (unpaired) electrons. The van der Waals surface area contributed by atoms with Gasteiger partial charge in [0.1, 0.15) is 41.4 Å². The SMILES string of the molecule is COC(=O)C1=C(CN2CCN3C(=O)N(Cc4ccc(CC(=O)O)cc4)C[C@@H]3C2)NC(c2nccs2)=N[C@H]1c1ccc(F)cc1Cl.COC(=O)C1=C(CN2CCN3C(=O)N(c4ccc(C(C)CC(=O)O)cc4)C[C@@H]3C2)NC(c2nccs2)=N[C@H]1c1ccc(F)cc1Cl.COC(=O)C1=C(CN2CCN3C(=O)N(c4nc(CCC(C)=O)cs4)C[C@@H]3C2)NC(c2nccs2)=N[C@H]1c1ccc(F)cc1Cl. The average Bonchev–Trinajstić information content (AvgIpc) is 1.74. The molecule has 33 nitrogen and oxygen atoms in total. The summed E-state index contributed by atoms with van der Waals surface area (Å²) >= 11 is 25.0. The Labute approximate surface area is 803 Å². The van der Waals surface area contributed by atoms with E-state index in [4.69, 9.17) is 74.2 Å². The molecule has 5 aromatic carbocycles. The van der Waals surface area contributed by atoms with Crippen LogP contribution in [0.5, 0.6) is 0 Å². The number of hydrogen-bond acceptors (Lipinski definition) is 29. The summed E-state index contributed by atoms with van der Waals surface area (Å²) in [5.41, 5.74) is 8.00. The first-order valence-electron chi connectivity index (χ1n) is 43.0. The Balaban J connectivity index is 0.000000147. The van der Waals surface area contributed by atoms with Crippen LogP contribution in [0.1, 0.15) is 105 Å². The van der Waals surface area contributed by atoms with Gasteiger partial charge in [0, 0.05) is 199 Å². The number of amidine groups is 3. The zero-order chi connectivity index (χ0) is 95.2. The first-order valence-corrected chi connectivity index (χ1v) is 47.7. The number of nitrogens with one attached hydrogen (secondary N) is 3. The highest BCUT2D eigenvalue weighted by Gasteiger charge is 2.47. The summed E-state index contributed by atoms with van der Waals surface area (Å²) in [6.07, 6.45) is 5.95. The number of aryl methyl sites for hydroxylation is 1. The van der Waals surface area contributed by atoms with Crippen LogP contribution in [0.4, 0.5) is 38.4 Å². The van der Waals surface area contributed by atoms with Crippen molar-refractivity contribution in [3.05, 3.63) is 264 Å². The molecule has 9 aromatic rings. The maximum Gasteiger partial charge on any atom is 0.338 e. The predicted molar refractivity (Wildman–Crippen MR) is 503 cm³/mol. The van der Waals surface area contributed by atoms with Crippen molar-refractivity contribution in [3.63, 3.8) is 0 Å². The van der Waals surface area contributed by atoms with Gasteiger partial charge in [-0.25, -0.2) is 61.9 Å². The second-order valence-electron chi connectivity index (χ2n) is 33.2. The summed E-state index contributed by atoms with van der Waals surface area (Å²) in [4.78, 5) is 163. The first-order chi connectivity index (χ1) is 65.0. The van der Waals surface area contributed by atoms with Crippen molar-refractivity contribution in [2.45, 2.75) is 88.2 Å². The number of nitrogens with zero attached hydrogens (tertiary/aromatic N) is 16. The minimum absolute atomic E-state index is 0.0333. The normalized spacial score (nSPS) is 20.4. The third-order valence-electron chi connectivity index (χ3n) is 24.3. The molecule has 9 aliphatic rings. The number of ketones is 1. The van der Waals surface area contributed by atoms with E-state index in [9.17, 15) is 56.3 Å². The number of urea groups is 3. The third kappa shape index (κ3) is 21.8. The van der Waals surface area contributed by atoms with E-state index in [-0.39, 0.29) is 92.5 Å². The standard InChI is InChI=1S/C32H32ClFN6O5S.C31H30ClFN6O5S.C29H29ClFN7O4S2/c1-18(13-26(41)42)19-3-6-21(7-4-19)40-16-22-15-38(10-11-39(22)32(40)44)17-25-27(31(43)45-2)28(23-8-5-20(34)14-24(23)33)37-29(36-25)30-35-9-12-46-30;1-44-30(42)26-24(35-28(29-34-8-11-45-29)36-27(26)22-7-6-20(33)13-23(22)32)17-37-9-10-39-21(15-37)16-38(31(39)43)14-19-4-2-18(3-5-19)12-25(40)41;1-16(39)3-5-18-15-44-28(33-18)38-13-19-12-36(8-9-37(19)29(38)41)14-22-23(27(40)42-2)24(20-6-4-17(31)11-21(20)30)35-25(34-22)26-32-7-10-43-26/h3-9,12,14,18,22,28H,10-11,13,15-17H2,1-2H3,(H,36,37)(H,41,42);2-8,11,13,21,27H,9-10,12,14-17H2,1H3,(H,35,36)(H,40,41);4,6-7,10-11,15,19,24H,3,5,8-9,12-14H2,1-2H3,(H,34,35)/t18?,22-,28-;21-,27-;19-,24-/m000/s1. The number of carbonyl (C=O) groups excluding carboxylic acids is 7. The van der Waals surface area contributed by atoms with Gasteiger partial charge in [-0.15, -0.1) is 45.3 Å². The topological polar surface area (TPSA) is 376 Å². The molecule has 7 atom stereocenters. The van der Waals surface area contributed by atoms with Crippen LogP contribution in [0, 0.1) is 17.5 Å². The van der Waals surface area contributed by atoms with Crippen molar-refractivity contribution in [1.29, 1.82) is 0 Å². The quantitative estimate of drug-likeness (QED) is 0.0236. The molecule has 6 fully saturated rings. The van der Waals surface area contributed by atoms with E-state index in [0.717, 1.165) is 22.5 Å². The van der Waals surface area contributed by atoms with Gasteiger partial charge >= 0.3 is 47.9 Å². The number of esters is 3. The monoisotopic (exact) mass is 1980 g/mol. The molecule has 6 saturated heterocycles. The number of fused-ring (bicyclic) bond motifs is 3. The minimum atomic E-state index is -0.890. The highest BCUT2D eigenvalue weighted by Crippen LogP contribution is 2.43. The van der Waals surface area contributed by atoms with E-state index in [1.165, 1.54) is 121 Å². The van der Waals surface area contributed by atoms with Gasteiger partial charge in [-0.1, -0.05) is 96.3 Å². The number of aliphatic carboxylic acids is 2. The Morgan fingerprint density at radius 1 is 0.489 bits per heavy atom. The van der Waals surface area contributed by atoms with Crippen molar-refractivity contribution in [3.8, 4) is 0 Å². The number of amides is 6. The van der Waals surface area contributed by atoms with E-state index in [1.807, 2.05) is 79.5 Å². The number of Topliss-reactive ketones (excluding diaryl/α,β-unsaturated/α-hetero) is 1. The number of aliphatic imine (C=N–C) groups is 3. The van der Waals surface area contributed by atoms with Gasteiger partial charge < -0.3 is 64.8 Å². The number of hydrogen-bond donors (Lipinski definition) is 5. The van der Waals surface area contributed by atoms with Crippen molar-refractivity contribution in [2.24, 2.45) is 15.0 Å². The predicted octanol–water partition coefficient (Wildman–Crippen LogP) is 12.4. The number of benzene rings is 5. The Hall–Kier alpha value is -12.4. The lowest BCUT2D eigenvalue weighted by Gasteiger charge is -2.38. The molecule has 0 aliphatic carbocycles. The number of anilines is 2. The number of carboxylic acids is 2. The van der Waals surface area contributed by atoms with Gasteiger partial charge in [0.15, 0.2) is 37.7 Å². The summed E-state index contributed by atoms with van der Waals surface area (Å²) in [6.45, 7) is 11.3. The molecular formula is C92H91Cl3F3N19O14S4. The zero-order valence-electron chi connectivity index (χ0n) is 73.4. The molecule has 6 amide bonds. The smallest absolute Gasteiger partial charge is 0.338 e. The molecule has 704 valence electrons. The molecular weight excluding hydrogens is 1890 g/mol. The Morgan fingerprint density at radius 3 is 1.27 bits per heavy atom. The van der Waals surface area contributed by atoms with Gasteiger partial charge in [0.05, 0.1) is 81.3 Å². The highest BCUT2D eigenvalue weighted by molar-refractivity contribution is 7.14. The number of carboxylic acid groups (broad SMARTS) is 2. The molecule has 0 bridgehead atoms. The molecule has 135 heavy (non-hydrogen) atoms. The molecule has 9 aliphatic heterocycles. The van der Waals surface area contributed by atoms with Crippen LogP contribution in [-0.2, 0) is 62.4 Å². The van der Waals surface area contributed by atoms with E-state index < -0.39 is 65.4 Å². The fraction of sp³-hybridized carbons (Fsp3) is 0.348. The zero-order valence-corrected chi connectivity index (χ0v) is 78.9. The Bertz CT molecular complexity index is 6230. The van der Waals surface area contributed by atoms with Crippen LogP contribution >= 0.6 is 80.1 Å². The number of aromatic nitrogens is 4. The number of halogens is 6. The largest absolute Gasteiger partial charge is 0.481 e. The summed E-state index contributed by atoms with van der Waals surface area (Å²) in [6, 6.07) is 23.7. The van der Waals surface area contributed by atoms with Crippen molar-refractivity contribution in [1.82, 2.24) is 70.2 Å². The van der Waals surface area contributed by atoms with E-state index >= 15 is 0 Å². The van der Waals surface area contributed by atoms with Crippen molar-refractivity contribution in [2.75, 3.05) is 129 Å². The maximum atomic E-state index is 14.0. The lowest BCUT2D eigenvalue weighted by Crippen LogP contribution is -2.53. The van der Waals surface area contributed by atoms with Crippen LogP contribution in [0.25, 0.3) is 0 Å². The fourth-order valence-corrected chi connectivity index (χ4v) is 21.2. The highest BCUT2D eigenvalue weighted by atomic mass is 35.5. The van der Waals surface area contributed by atoms with Gasteiger partial charge in [0.25, 0.3) is 0 Å². The van der Waals surface area contributed by atoms with E-state index in [0.29, 0.717) is 195 Å². The number of rotatable bonds is 27. The van der Waals surface area contributed by atoms with Gasteiger partial charge in [-0.2, -0.15) is 0 Å². The van der Waals surface area contributed by atoms with Crippen LogP contribution < -0.4 is 25.8 Å². The van der Waals surface area contributed by atoms with Gasteiger partial charge in [0.2, 0.25) is 0 Å². The first kappa shape index (κ1) is 95.8. The Morgan fingerprint density at radius 2 is 0.889 bits per heavy atom. The number of carbonyl (C=O) groups is 9. The number of thiazole rings is 4. The molecule has 4 aromatic heterocycles. The van der Waals surface area contributed by atoms with Gasteiger partial charge in [-0.05, 0) is 84.5 Å². The van der Waals surface area contributed by atoms with Crippen molar-refractivity contribution < 1.29 is 80.7 Å². The van der Waals surface area contributed by atoms with Crippen LogP contribution in [0.2, 0.25) is 15.1 Å². The van der Waals surface area contributed by atoms with Crippen molar-refractivity contribution >= 4 is 162 Å². The summed E-state index contributed by atoms with van der Waals surface area (Å²) in [5.74, 6) is -3.63. The number of piperazine rings is 3. The number of ether oxygens (including phenoxy) is 3. The molecule has 5 N–H and O–H groups in total. The van der Waals surface area contributed by atoms with Crippen LogP contribution in [-0.4, -0.2) is 273 Å². The summed E-state index contributed by atoms with van der Waals surface area (Å²) < 4.78 is 57.5. The number of methoxy groups -OCH3 is 3. The molecule has 43 heteroatoms. The molecule has 13 heterocycles. The lowest BCUT2D eigenvalue weighted by atomic mass is 9.95. The second-order valence-corrected chi connectivity index (χ2v) is 37.9. The third-order valence-corrected chi connectivity index (χ3v) is 28.5. The van der Waals surface area contributed by atoms with Gasteiger partial charge in [-0.3, -0.25) is 49.1 Å². The Kier molecular flexibility index (Phi) is 30.0. The fourth-order valence-electron chi connectivity index (χ4n) is 17.8. The molecule has 0 saturated carbocycles. The summed E-state index contributed by atoms with van der Waals surface area (Å²) in [5, 5.41) is 38.4. The molecule has 0 spiro atoms. The maximum absolute atomic E-state index is 14.0. The molecule has 1 unspecified atom stereocenters. The minimum Gasteiger partial charge on any atom is -0.481 e. The van der Waals surface area contributed by atoms with Crippen LogP contribution in [0.3, 0.4) is 0 Å². The van der Waals surface area contributed by atoms with E-state index in [1.54, 1.807) is 52.3 Å². The average molecular weight is 1980 g/mol. The van der Waals surface area contributed by atoms with Crippen LogP contribution in [0.15, 0.2) is 192 Å². The summed E-state index contributed by atoms with van der Waals surface area (Å²) in [7, 11) is 3.90. The second kappa shape index (κ2) is 42.3.